The first-order chi connectivity index (χ1) is 25.1. The van der Waals surface area contributed by atoms with Crippen LogP contribution in [-0.2, 0) is 13.1 Å². The van der Waals surface area contributed by atoms with Crippen molar-refractivity contribution < 1.29 is 0 Å². The molecule has 2 aliphatic heterocycles. The van der Waals surface area contributed by atoms with Crippen molar-refractivity contribution in [3.63, 3.8) is 0 Å². The van der Waals surface area contributed by atoms with Gasteiger partial charge in [0, 0.05) is 71.5 Å². The molecular weight excluding hydrogens is 625 g/mol. The van der Waals surface area contributed by atoms with Gasteiger partial charge in [-0.2, -0.15) is 0 Å². The van der Waals surface area contributed by atoms with E-state index in [9.17, 15) is 0 Å². The summed E-state index contributed by atoms with van der Waals surface area (Å²) in [6.07, 6.45) is 7.03. The molecule has 2 aliphatic rings. The average Bonchev–Trinajstić information content (AvgIpc) is 3.16. The molecule has 0 fully saturated rings. The topological polar surface area (TPSA) is 58.0 Å². The van der Waals surface area contributed by atoms with E-state index in [-0.39, 0.29) is 0 Å². The van der Waals surface area contributed by atoms with Gasteiger partial charge in [-0.25, -0.2) is 0 Å². The van der Waals surface area contributed by atoms with Crippen LogP contribution in [0.5, 0.6) is 0 Å². The van der Waals surface area contributed by atoms with E-state index in [1.165, 1.54) is 33.6 Å². The fourth-order valence-corrected chi connectivity index (χ4v) is 6.75. The predicted molar refractivity (Wildman–Crippen MR) is 202 cm³/mol. The summed E-state index contributed by atoms with van der Waals surface area (Å²) in [7, 11) is 0. The zero-order valence-corrected chi connectivity index (χ0v) is 28.2. The second kappa shape index (κ2) is 13.8. The third-order valence-corrected chi connectivity index (χ3v) is 8.78. The fourth-order valence-electron chi connectivity index (χ4n) is 6.75. The number of rotatable bonds is 2. The number of aryl methyl sites for hydroxylation is 2. The summed E-state index contributed by atoms with van der Waals surface area (Å²) >= 11 is 0. The van der Waals surface area contributed by atoms with Gasteiger partial charge >= 0.3 is 0 Å². The zero-order chi connectivity index (χ0) is 34.6. The molecule has 0 atom stereocenters. The third kappa shape index (κ3) is 6.77. The molecule has 4 aromatic heterocycles. The van der Waals surface area contributed by atoms with Gasteiger partial charge in [0.05, 0.1) is 29.4 Å². The predicted octanol–water partition coefficient (Wildman–Crippen LogP) is 7.32. The van der Waals surface area contributed by atoms with Gasteiger partial charge in [-0.3, -0.25) is 19.9 Å². The first-order valence-corrected chi connectivity index (χ1v) is 16.6. The maximum absolute atomic E-state index is 4.43. The molecule has 0 saturated carbocycles. The highest BCUT2D eigenvalue weighted by molar-refractivity contribution is 5.74. The highest BCUT2D eigenvalue weighted by atomic mass is 15.4. The molecule has 0 amide bonds. The summed E-state index contributed by atoms with van der Waals surface area (Å²) in [6, 6.07) is 28.0. The van der Waals surface area contributed by atoms with Crippen molar-refractivity contribution in [1.29, 1.82) is 0 Å². The van der Waals surface area contributed by atoms with Gasteiger partial charge in [-0.1, -0.05) is 35.8 Å². The van der Waals surface area contributed by atoms with E-state index in [1.54, 1.807) is 24.8 Å². The maximum atomic E-state index is 4.43. The molecule has 8 rings (SSSR count). The van der Waals surface area contributed by atoms with E-state index >= 15 is 0 Å². The van der Waals surface area contributed by atoms with Crippen LogP contribution in [0, 0.1) is 61.2 Å². The third-order valence-electron chi connectivity index (χ3n) is 8.78. The Bertz CT molecular complexity index is 2380. The molecule has 0 aliphatic carbocycles. The number of anilines is 2. The van der Waals surface area contributed by atoms with Crippen molar-refractivity contribution in [2.24, 2.45) is 0 Å². The first-order valence-electron chi connectivity index (χ1n) is 16.6. The van der Waals surface area contributed by atoms with E-state index in [2.05, 4.69) is 115 Å². The number of pyridine rings is 4. The molecule has 6 heterocycles. The molecule has 6 heteroatoms. The standard InChI is InChI=1S/C45H30N6/c1-32-23-36(13-5-3-11-34-17-21-48-42(27-34)40-15-7-9-19-46-40)25-38-29-51-31-50(44(32)38)30-39-26-37(24-33(2)45(39)51)14-6-4-12-35-18-22-49-43(28-35)41-16-8-10-20-47-41/h7-10,15-28H,29-31H2,1-2H3. The van der Waals surface area contributed by atoms with Crippen LogP contribution in [0.25, 0.3) is 22.8 Å². The van der Waals surface area contributed by atoms with Crippen LogP contribution >= 0.6 is 0 Å². The summed E-state index contributed by atoms with van der Waals surface area (Å²) in [5, 5.41) is 0. The molecule has 0 unspecified atom stereocenters. The number of hydrogen-bond donors (Lipinski definition) is 0. The van der Waals surface area contributed by atoms with Gasteiger partial charge in [-0.15, -0.1) is 0 Å². The molecule has 0 spiro atoms. The number of aromatic nitrogens is 4. The molecule has 51 heavy (non-hydrogen) atoms. The molecule has 0 radical (unpaired) electrons. The summed E-state index contributed by atoms with van der Waals surface area (Å²) in [5.41, 5.74) is 14.4. The van der Waals surface area contributed by atoms with Crippen LogP contribution in [0.1, 0.15) is 44.5 Å². The average molecular weight is 655 g/mol. The molecule has 2 bridgehead atoms. The van der Waals surface area contributed by atoms with Gasteiger partial charge < -0.3 is 9.80 Å². The van der Waals surface area contributed by atoms with Crippen molar-refractivity contribution in [2.45, 2.75) is 26.9 Å². The smallest absolute Gasteiger partial charge is 0.0910 e. The van der Waals surface area contributed by atoms with Crippen molar-refractivity contribution in [3.05, 3.63) is 154 Å². The Morgan fingerprint density at radius 1 is 0.451 bits per heavy atom. The molecule has 240 valence electrons. The number of nitrogens with zero attached hydrogens (tertiary/aromatic N) is 6. The quantitative estimate of drug-likeness (QED) is 0.183. The second-order valence-corrected chi connectivity index (χ2v) is 12.4. The summed E-state index contributed by atoms with van der Waals surface area (Å²) in [4.78, 5) is 22.5. The molecule has 6 aromatic rings. The highest BCUT2D eigenvalue weighted by Gasteiger charge is 2.31. The Morgan fingerprint density at radius 2 is 0.882 bits per heavy atom. The van der Waals surface area contributed by atoms with Crippen LogP contribution in [0.4, 0.5) is 11.4 Å². The van der Waals surface area contributed by atoms with E-state index in [0.29, 0.717) is 0 Å². The lowest BCUT2D eigenvalue weighted by atomic mass is 9.94. The molecule has 6 nitrogen and oxygen atoms in total. The van der Waals surface area contributed by atoms with E-state index in [1.807, 2.05) is 60.7 Å². The van der Waals surface area contributed by atoms with Crippen LogP contribution in [0.2, 0.25) is 0 Å². The molecular formula is C45H30N6. The minimum atomic E-state index is 0.791. The Labute approximate surface area is 298 Å². The van der Waals surface area contributed by atoms with Crippen LogP contribution < -0.4 is 9.80 Å². The van der Waals surface area contributed by atoms with E-state index in [4.69, 9.17) is 0 Å². The molecule has 0 saturated heterocycles. The van der Waals surface area contributed by atoms with Gasteiger partial charge in [0.2, 0.25) is 0 Å². The van der Waals surface area contributed by atoms with Crippen molar-refractivity contribution in [3.8, 4) is 70.1 Å². The largest absolute Gasteiger partial charge is 0.349 e. The van der Waals surface area contributed by atoms with Crippen molar-refractivity contribution in [2.75, 3.05) is 16.5 Å². The monoisotopic (exact) mass is 654 g/mol. The summed E-state index contributed by atoms with van der Waals surface area (Å²) < 4.78 is 0. The number of fused-ring (bicyclic) bond motifs is 6. The Kier molecular flexibility index (Phi) is 8.42. The van der Waals surface area contributed by atoms with Gasteiger partial charge in [0.1, 0.15) is 0 Å². The van der Waals surface area contributed by atoms with E-state index < -0.39 is 0 Å². The highest BCUT2D eigenvalue weighted by Crippen LogP contribution is 2.41. The lowest BCUT2D eigenvalue weighted by molar-refractivity contribution is 0.646. The summed E-state index contributed by atoms with van der Waals surface area (Å²) in [5.74, 6) is 25.0. The Balaban J connectivity index is 0.987. The molecule has 2 aromatic carbocycles. The van der Waals surface area contributed by atoms with Gasteiger partial charge in [0.25, 0.3) is 0 Å². The first kappa shape index (κ1) is 31.2. The van der Waals surface area contributed by atoms with E-state index in [0.717, 1.165) is 64.8 Å². The van der Waals surface area contributed by atoms with Gasteiger partial charge in [-0.05, 0) is 133 Å². The van der Waals surface area contributed by atoms with Crippen molar-refractivity contribution in [1.82, 2.24) is 19.9 Å². The minimum Gasteiger partial charge on any atom is -0.349 e. The van der Waals surface area contributed by atoms with Crippen molar-refractivity contribution >= 4 is 11.4 Å². The molecule has 0 N–H and O–H groups in total. The lowest BCUT2D eigenvalue weighted by Crippen LogP contribution is -2.46. The van der Waals surface area contributed by atoms with Crippen LogP contribution in [0.3, 0.4) is 0 Å². The Hall–Kier alpha value is -7.12. The minimum absolute atomic E-state index is 0.791. The lowest BCUT2D eigenvalue weighted by Gasteiger charge is -2.46. The van der Waals surface area contributed by atoms with Crippen LogP contribution in [0.15, 0.2) is 110 Å². The van der Waals surface area contributed by atoms with Crippen LogP contribution in [-0.4, -0.2) is 26.6 Å². The second-order valence-electron chi connectivity index (χ2n) is 12.4. The maximum Gasteiger partial charge on any atom is 0.0910 e. The zero-order valence-electron chi connectivity index (χ0n) is 28.2. The SMILES string of the molecule is Cc1cc(C#CC#Cc2ccnc(-c3ccccn3)c2)cc2c1N1Cc3cc(C#CC#Cc4ccnc(-c5ccccn5)c4)cc(C)c3N(C2)C1. The summed E-state index contributed by atoms with van der Waals surface area (Å²) in [6.45, 7) is 6.83. The Morgan fingerprint density at radius 3 is 1.31 bits per heavy atom. The number of hydrogen-bond acceptors (Lipinski definition) is 6. The normalized spacial score (nSPS) is 12.0. The number of benzene rings is 2. The fraction of sp³-hybridized carbons (Fsp3) is 0.111. The van der Waals surface area contributed by atoms with Gasteiger partial charge in [0.15, 0.2) is 0 Å².